The Morgan fingerprint density at radius 1 is 1.39 bits per heavy atom. The normalized spacial score (nSPS) is 24.9. The molecule has 1 unspecified atom stereocenters. The molecular formula is C13H17NO2S2. The molecule has 1 N–H and O–H groups in total. The molecule has 2 aliphatic rings. The molecule has 1 atom stereocenters. The van der Waals surface area contributed by atoms with Crippen LogP contribution in [0.5, 0.6) is 0 Å². The van der Waals surface area contributed by atoms with E-state index >= 15 is 0 Å². The van der Waals surface area contributed by atoms with Gasteiger partial charge in [0.05, 0.1) is 6.10 Å². The van der Waals surface area contributed by atoms with Crippen molar-refractivity contribution < 1.29 is 9.90 Å². The monoisotopic (exact) mass is 283 g/mol. The summed E-state index contributed by atoms with van der Waals surface area (Å²) in [7, 11) is 0. The van der Waals surface area contributed by atoms with Crippen LogP contribution in [0.25, 0.3) is 0 Å². The minimum atomic E-state index is -0.218. The molecule has 2 aliphatic heterocycles. The van der Waals surface area contributed by atoms with Crippen LogP contribution in [0.2, 0.25) is 0 Å². The smallest absolute Gasteiger partial charge is 0.240 e. The molecule has 1 amide bonds. The minimum absolute atomic E-state index is 0.00440. The van der Waals surface area contributed by atoms with E-state index in [1.165, 1.54) is 10.4 Å². The molecule has 0 spiro atoms. The average Bonchev–Trinajstić information content (AvgIpc) is 2.87. The van der Waals surface area contributed by atoms with Gasteiger partial charge in [-0.2, -0.15) is 0 Å². The van der Waals surface area contributed by atoms with Crippen LogP contribution in [0.15, 0.2) is 11.4 Å². The van der Waals surface area contributed by atoms with E-state index in [1.54, 1.807) is 23.1 Å². The van der Waals surface area contributed by atoms with Gasteiger partial charge < -0.3 is 10.0 Å². The van der Waals surface area contributed by atoms with Crippen molar-refractivity contribution in [3.63, 3.8) is 0 Å². The molecule has 0 bridgehead atoms. The van der Waals surface area contributed by atoms with Crippen molar-refractivity contribution in [1.82, 2.24) is 4.90 Å². The number of carbonyl (C=O) groups excluding carboxylic acids is 1. The summed E-state index contributed by atoms with van der Waals surface area (Å²) in [5.41, 5.74) is 1.23. The zero-order valence-corrected chi connectivity index (χ0v) is 11.8. The van der Waals surface area contributed by atoms with E-state index in [0.29, 0.717) is 13.1 Å². The molecule has 0 radical (unpaired) electrons. The SMILES string of the molecule is O=C(C1SCCc2sccc21)N1CCC(O)CC1. The first kappa shape index (κ1) is 12.5. The van der Waals surface area contributed by atoms with Crippen molar-refractivity contribution in [2.24, 2.45) is 0 Å². The van der Waals surface area contributed by atoms with Crippen LogP contribution >= 0.6 is 23.1 Å². The summed E-state index contributed by atoms with van der Waals surface area (Å²) in [5, 5.41) is 11.6. The molecule has 1 saturated heterocycles. The van der Waals surface area contributed by atoms with Crippen molar-refractivity contribution >= 4 is 29.0 Å². The Hall–Kier alpha value is -0.520. The van der Waals surface area contributed by atoms with E-state index in [2.05, 4.69) is 11.4 Å². The first-order chi connectivity index (χ1) is 8.75. The standard InChI is InChI=1S/C13H17NO2S2/c15-9-1-5-14(6-2-9)13(16)12-10-3-7-17-11(10)4-8-18-12/h3,7,9,12,15H,1-2,4-6,8H2. The van der Waals surface area contributed by atoms with E-state index in [1.807, 2.05) is 4.90 Å². The van der Waals surface area contributed by atoms with Crippen LogP contribution < -0.4 is 0 Å². The molecule has 0 aliphatic carbocycles. The highest BCUT2D eigenvalue weighted by molar-refractivity contribution is 8.00. The van der Waals surface area contributed by atoms with Crippen LogP contribution in [-0.4, -0.2) is 40.9 Å². The van der Waals surface area contributed by atoms with Crippen LogP contribution in [0.4, 0.5) is 0 Å². The third-order valence-corrected chi connectivity index (χ3v) is 5.90. The van der Waals surface area contributed by atoms with Crippen LogP contribution in [0.1, 0.15) is 28.5 Å². The third kappa shape index (κ3) is 2.31. The van der Waals surface area contributed by atoms with E-state index in [-0.39, 0.29) is 17.3 Å². The van der Waals surface area contributed by atoms with Gasteiger partial charge in [0.15, 0.2) is 0 Å². The first-order valence-electron chi connectivity index (χ1n) is 6.40. The molecule has 3 heterocycles. The zero-order chi connectivity index (χ0) is 12.5. The second-order valence-corrected chi connectivity index (χ2v) is 7.07. The molecule has 0 aromatic carbocycles. The maximum Gasteiger partial charge on any atom is 0.240 e. The summed E-state index contributed by atoms with van der Waals surface area (Å²) in [6, 6.07) is 2.10. The lowest BCUT2D eigenvalue weighted by atomic mass is 10.1. The van der Waals surface area contributed by atoms with Crippen molar-refractivity contribution in [2.45, 2.75) is 30.6 Å². The lowest BCUT2D eigenvalue weighted by molar-refractivity contribution is -0.132. The maximum absolute atomic E-state index is 12.5. The fourth-order valence-electron chi connectivity index (χ4n) is 2.60. The maximum atomic E-state index is 12.5. The Balaban J connectivity index is 1.74. The summed E-state index contributed by atoms with van der Waals surface area (Å²) in [5.74, 6) is 1.28. The summed E-state index contributed by atoms with van der Waals surface area (Å²) in [4.78, 5) is 15.9. The van der Waals surface area contributed by atoms with E-state index < -0.39 is 0 Å². The van der Waals surface area contributed by atoms with Gasteiger partial charge in [0.25, 0.3) is 0 Å². The molecule has 1 aromatic rings. The molecule has 98 valence electrons. The number of aliphatic hydroxyl groups excluding tert-OH is 1. The van der Waals surface area contributed by atoms with E-state index in [0.717, 1.165) is 25.0 Å². The molecular weight excluding hydrogens is 266 g/mol. The number of nitrogens with zero attached hydrogens (tertiary/aromatic N) is 1. The Morgan fingerprint density at radius 3 is 2.94 bits per heavy atom. The Morgan fingerprint density at radius 2 is 2.17 bits per heavy atom. The van der Waals surface area contributed by atoms with Gasteiger partial charge in [-0.25, -0.2) is 0 Å². The number of carbonyl (C=O) groups is 1. The number of thiophene rings is 1. The number of thioether (sulfide) groups is 1. The summed E-state index contributed by atoms with van der Waals surface area (Å²) in [6.07, 6.45) is 2.32. The highest BCUT2D eigenvalue weighted by atomic mass is 32.2. The molecule has 5 heteroatoms. The lowest BCUT2D eigenvalue weighted by Gasteiger charge is -2.33. The number of aliphatic hydroxyl groups is 1. The van der Waals surface area contributed by atoms with E-state index in [9.17, 15) is 9.90 Å². The van der Waals surface area contributed by atoms with Crippen molar-refractivity contribution in [2.75, 3.05) is 18.8 Å². The second kappa shape index (κ2) is 5.23. The van der Waals surface area contributed by atoms with Gasteiger partial charge in [0.1, 0.15) is 5.25 Å². The fourth-order valence-corrected chi connectivity index (χ4v) is 4.98. The highest BCUT2D eigenvalue weighted by Crippen LogP contribution is 2.40. The van der Waals surface area contributed by atoms with Crippen molar-refractivity contribution in [1.29, 1.82) is 0 Å². The summed E-state index contributed by atoms with van der Waals surface area (Å²) in [6.45, 7) is 1.41. The van der Waals surface area contributed by atoms with Gasteiger partial charge in [-0.1, -0.05) is 0 Å². The minimum Gasteiger partial charge on any atom is -0.393 e. The predicted octanol–water partition coefficient (Wildman–Crippen LogP) is 2.06. The molecule has 3 rings (SSSR count). The number of piperidine rings is 1. The van der Waals surface area contributed by atoms with Gasteiger partial charge >= 0.3 is 0 Å². The molecule has 3 nitrogen and oxygen atoms in total. The van der Waals surface area contributed by atoms with Gasteiger partial charge in [-0.15, -0.1) is 23.1 Å². The largest absolute Gasteiger partial charge is 0.393 e. The van der Waals surface area contributed by atoms with Gasteiger partial charge in [-0.3, -0.25) is 4.79 Å². The molecule has 1 fully saturated rings. The number of aryl methyl sites for hydroxylation is 1. The number of rotatable bonds is 1. The van der Waals surface area contributed by atoms with Gasteiger partial charge in [-0.05, 0) is 42.0 Å². The number of amides is 1. The quantitative estimate of drug-likeness (QED) is 0.857. The molecule has 0 saturated carbocycles. The average molecular weight is 283 g/mol. The zero-order valence-electron chi connectivity index (χ0n) is 10.2. The Labute approximate surface area is 115 Å². The second-order valence-electron chi connectivity index (χ2n) is 4.86. The lowest BCUT2D eigenvalue weighted by Crippen LogP contribution is -2.42. The fraction of sp³-hybridized carbons (Fsp3) is 0.615. The number of hydrogen-bond donors (Lipinski definition) is 1. The highest BCUT2D eigenvalue weighted by Gasteiger charge is 2.32. The van der Waals surface area contributed by atoms with Gasteiger partial charge in [0.2, 0.25) is 5.91 Å². The topological polar surface area (TPSA) is 40.5 Å². The Bertz CT molecular complexity index is 438. The van der Waals surface area contributed by atoms with Crippen molar-refractivity contribution in [3.05, 3.63) is 21.9 Å². The first-order valence-corrected chi connectivity index (χ1v) is 8.33. The van der Waals surface area contributed by atoms with Crippen molar-refractivity contribution in [3.8, 4) is 0 Å². The number of fused-ring (bicyclic) bond motifs is 1. The summed E-state index contributed by atoms with van der Waals surface area (Å²) < 4.78 is 0. The van der Waals surface area contributed by atoms with Crippen LogP contribution in [0, 0.1) is 0 Å². The molecule has 1 aromatic heterocycles. The van der Waals surface area contributed by atoms with Crippen LogP contribution in [0.3, 0.4) is 0 Å². The number of hydrogen-bond acceptors (Lipinski definition) is 4. The van der Waals surface area contributed by atoms with Crippen LogP contribution in [-0.2, 0) is 11.2 Å². The summed E-state index contributed by atoms with van der Waals surface area (Å²) >= 11 is 3.54. The Kier molecular flexibility index (Phi) is 3.63. The number of likely N-dealkylation sites (tertiary alicyclic amines) is 1. The molecule has 18 heavy (non-hydrogen) atoms. The van der Waals surface area contributed by atoms with Gasteiger partial charge in [0, 0.05) is 18.0 Å². The predicted molar refractivity (Wildman–Crippen MR) is 75.0 cm³/mol. The van der Waals surface area contributed by atoms with E-state index in [4.69, 9.17) is 0 Å². The third-order valence-electron chi connectivity index (χ3n) is 3.68.